The first-order valence-electron chi connectivity index (χ1n) is 3.64. The highest BCUT2D eigenvalue weighted by Crippen LogP contribution is 2.16. The summed E-state index contributed by atoms with van der Waals surface area (Å²) in [6.45, 7) is 1.91. The Labute approximate surface area is 76.8 Å². The van der Waals surface area contributed by atoms with Crippen LogP contribution in [0.2, 0.25) is 5.02 Å². The molecule has 1 atom stereocenters. The minimum Gasteiger partial charge on any atom is -0.317 e. The van der Waals surface area contributed by atoms with Gasteiger partial charge in [0.05, 0.1) is 6.04 Å². The average molecular weight is 181 g/mol. The Morgan fingerprint density at radius 3 is 2.92 bits per heavy atom. The van der Waals surface area contributed by atoms with Crippen LogP contribution in [0, 0.1) is 11.5 Å². The van der Waals surface area contributed by atoms with E-state index in [9.17, 15) is 0 Å². The maximum absolute atomic E-state index is 8.37. The van der Waals surface area contributed by atoms with E-state index < -0.39 is 0 Å². The molecular formula is C9H9ClN2. The first kappa shape index (κ1) is 8.89. The Balaban J connectivity index is 2.82. The molecule has 12 heavy (non-hydrogen) atoms. The minimum atomic E-state index is 0.0219. The Kier molecular flexibility index (Phi) is 2.95. The molecular weight excluding hydrogens is 172 g/mol. The quantitative estimate of drug-likeness (QED) is 0.561. The lowest BCUT2D eigenvalue weighted by Gasteiger charge is -2.08. The summed E-state index contributed by atoms with van der Waals surface area (Å²) < 4.78 is 0. The van der Waals surface area contributed by atoms with Crippen molar-refractivity contribution in [1.82, 2.24) is 5.32 Å². The molecule has 0 aliphatic heterocycles. The van der Waals surface area contributed by atoms with Gasteiger partial charge in [-0.1, -0.05) is 23.7 Å². The molecule has 1 rings (SSSR count). The molecule has 2 nitrogen and oxygen atoms in total. The molecule has 1 aromatic carbocycles. The molecule has 0 heterocycles. The largest absolute Gasteiger partial charge is 0.317 e. The Morgan fingerprint density at radius 1 is 1.58 bits per heavy atom. The van der Waals surface area contributed by atoms with E-state index in [2.05, 4.69) is 5.32 Å². The third kappa shape index (κ3) is 2.14. The highest BCUT2D eigenvalue weighted by Gasteiger charge is 2.02. The Hall–Kier alpha value is -1.20. The lowest BCUT2D eigenvalue weighted by molar-refractivity contribution is 0.697. The van der Waals surface area contributed by atoms with Crippen molar-refractivity contribution < 1.29 is 0 Å². The minimum absolute atomic E-state index is 0.0219. The molecule has 0 amide bonds. The first-order valence-corrected chi connectivity index (χ1v) is 4.02. The molecule has 0 aromatic heterocycles. The summed E-state index contributed by atoms with van der Waals surface area (Å²) in [5, 5.41) is 11.7. The summed E-state index contributed by atoms with van der Waals surface area (Å²) in [6.07, 6.45) is 1.89. The van der Waals surface area contributed by atoms with Crippen molar-refractivity contribution >= 4 is 11.6 Å². The van der Waals surface area contributed by atoms with E-state index in [1.807, 2.05) is 37.4 Å². The van der Waals surface area contributed by atoms with Crippen LogP contribution in [0.1, 0.15) is 18.5 Å². The van der Waals surface area contributed by atoms with E-state index >= 15 is 0 Å². The van der Waals surface area contributed by atoms with Gasteiger partial charge in [0.15, 0.2) is 6.19 Å². The second-order valence-corrected chi connectivity index (χ2v) is 2.97. The van der Waals surface area contributed by atoms with Gasteiger partial charge in [-0.3, -0.25) is 0 Å². The summed E-state index contributed by atoms with van der Waals surface area (Å²) in [4.78, 5) is 0. The SMILES string of the molecule is C[C@H](NC#N)c1cccc(Cl)c1. The highest BCUT2D eigenvalue weighted by molar-refractivity contribution is 6.30. The maximum Gasteiger partial charge on any atom is 0.177 e. The number of rotatable bonds is 2. The van der Waals surface area contributed by atoms with Gasteiger partial charge in [-0.25, -0.2) is 0 Å². The summed E-state index contributed by atoms with van der Waals surface area (Å²) >= 11 is 5.78. The molecule has 0 unspecified atom stereocenters. The summed E-state index contributed by atoms with van der Waals surface area (Å²) in [5.41, 5.74) is 1.02. The van der Waals surface area contributed by atoms with Crippen LogP contribution in [0.5, 0.6) is 0 Å². The number of nitrogens with one attached hydrogen (secondary N) is 1. The van der Waals surface area contributed by atoms with E-state index in [0.29, 0.717) is 5.02 Å². The smallest absolute Gasteiger partial charge is 0.177 e. The van der Waals surface area contributed by atoms with Gasteiger partial charge in [0.1, 0.15) is 0 Å². The molecule has 0 saturated carbocycles. The van der Waals surface area contributed by atoms with Crippen LogP contribution >= 0.6 is 11.6 Å². The number of nitrogens with zero attached hydrogens (tertiary/aromatic N) is 1. The summed E-state index contributed by atoms with van der Waals surface area (Å²) in [5.74, 6) is 0. The van der Waals surface area contributed by atoms with Crippen LogP contribution < -0.4 is 5.32 Å². The Bertz CT molecular complexity index is 304. The van der Waals surface area contributed by atoms with Crippen LogP contribution in [0.4, 0.5) is 0 Å². The van der Waals surface area contributed by atoms with E-state index in [1.165, 1.54) is 0 Å². The summed E-state index contributed by atoms with van der Waals surface area (Å²) in [7, 11) is 0. The molecule has 62 valence electrons. The average Bonchev–Trinajstić information content (AvgIpc) is 2.05. The van der Waals surface area contributed by atoms with E-state index in [4.69, 9.17) is 16.9 Å². The van der Waals surface area contributed by atoms with E-state index in [-0.39, 0.29) is 6.04 Å². The predicted molar refractivity (Wildman–Crippen MR) is 48.6 cm³/mol. The molecule has 0 saturated heterocycles. The van der Waals surface area contributed by atoms with Gasteiger partial charge in [0.25, 0.3) is 0 Å². The predicted octanol–water partition coefficient (Wildman–Crippen LogP) is 2.47. The summed E-state index contributed by atoms with van der Waals surface area (Å²) in [6, 6.07) is 7.48. The van der Waals surface area contributed by atoms with Gasteiger partial charge in [0, 0.05) is 5.02 Å². The second-order valence-electron chi connectivity index (χ2n) is 2.53. The van der Waals surface area contributed by atoms with Crippen LogP contribution in [0.15, 0.2) is 24.3 Å². The number of benzene rings is 1. The maximum atomic E-state index is 8.37. The van der Waals surface area contributed by atoms with Crippen LogP contribution in [-0.4, -0.2) is 0 Å². The third-order valence-corrected chi connectivity index (χ3v) is 1.86. The topological polar surface area (TPSA) is 35.8 Å². The molecule has 0 spiro atoms. The van der Waals surface area contributed by atoms with E-state index in [1.54, 1.807) is 0 Å². The van der Waals surface area contributed by atoms with Crippen molar-refractivity contribution in [2.45, 2.75) is 13.0 Å². The van der Waals surface area contributed by atoms with Gasteiger partial charge in [0.2, 0.25) is 0 Å². The fourth-order valence-corrected chi connectivity index (χ4v) is 1.15. The molecule has 0 fully saturated rings. The zero-order valence-electron chi connectivity index (χ0n) is 6.71. The van der Waals surface area contributed by atoms with Gasteiger partial charge in [-0.15, -0.1) is 0 Å². The lowest BCUT2D eigenvalue weighted by atomic mass is 10.1. The normalized spacial score (nSPS) is 11.8. The molecule has 0 bridgehead atoms. The van der Waals surface area contributed by atoms with Crippen molar-refractivity contribution in [3.05, 3.63) is 34.9 Å². The van der Waals surface area contributed by atoms with E-state index in [0.717, 1.165) is 5.56 Å². The second kappa shape index (κ2) is 3.99. The fourth-order valence-electron chi connectivity index (χ4n) is 0.956. The zero-order chi connectivity index (χ0) is 8.97. The molecule has 0 aliphatic carbocycles. The van der Waals surface area contributed by atoms with Crippen LogP contribution in [0.25, 0.3) is 0 Å². The van der Waals surface area contributed by atoms with Gasteiger partial charge >= 0.3 is 0 Å². The first-order chi connectivity index (χ1) is 5.74. The van der Waals surface area contributed by atoms with Crippen LogP contribution in [-0.2, 0) is 0 Å². The Morgan fingerprint density at radius 2 is 2.33 bits per heavy atom. The van der Waals surface area contributed by atoms with Crippen LogP contribution in [0.3, 0.4) is 0 Å². The number of halogens is 1. The third-order valence-electron chi connectivity index (χ3n) is 1.63. The monoisotopic (exact) mass is 180 g/mol. The standard InChI is InChI=1S/C9H9ClN2/c1-7(12-6-11)8-3-2-4-9(10)5-8/h2-5,7,12H,1H3/t7-/m0/s1. The van der Waals surface area contributed by atoms with Crippen molar-refractivity contribution in [2.24, 2.45) is 0 Å². The van der Waals surface area contributed by atoms with Gasteiger partial charge < -0.3 is 5.32 Å². The van der Waals surface area contributed by atoms with Gasteiger partial charge in [-0.05, 0) is 24.6 Å². The fraction of sp³-hybridized carbons (Fsp3) is 0.222. The number of hydrogen-bond acceptors (Lipinski definition) is 2. The van der Waals surface area contributed by atoms with Gasteiger partial charge in [-0.2, -0.15) is 5.26 Å². The van der Waals surface area contributed by atoms with Crippen molar-refractivity contribution in [2.75, 3.05) is 0 Å². The molecule has 0 aliphatic rings. The molecule has 1 aromatic rings. The molecule has 0 radical (unpaired) electrons. The molecule has 3 heteroatoms. The molecule has 1 N–H and O–H groups in total. The number of hydrogen-bond donors (Lipinski definition) is 1. The highest BCUT2D eigenvalue weighted by atomic mass is 35.5. The van der Waals surface area contributed by atoms with Crippen molar-refractivity contribution in [1.29, 1.82) is 5.26 Å². The number of nitriles is 1. The van der Waals surface area contributed by atoms with Crippen molar-refractivity contribution in [3.63, 3.8) is 0 Å². The zero-order valence-corrected chi connectivity index (χ0v) is 7.47. The van der Waals surface area contributed by atoms with Crippen molar-refractivity contribution in [3.8, 4) is 6.19 Å². The lowest BCUT2D eigenvalue weighted by Crippen LogP contribution is -2.11.